The molecule has 0 spiro atoms. The van der Waals surface area contributed by atoms with Gasteiger partial charge in [0.1, 0.15) is 5.78 Å². The summed E-state index contributed by atoms with van der Waals surface area (Å²) in [6.07, 6.45) is 19.4. The summed E-state index contributed by atoms with van der Waals surface area (Å²) >= 11 is 0. The van der Waals surface area contributed by atoms with Crippen LogP contribution in [0.5, 0.6) is 0 Å². The molecule has 1 unspecified atom stereocenters. The number of Topliss-reactive ketones (excluding diaryl/α,β-unsaturated/α-hetero) is 2. The molecule has 0 heterocycles. The Bertz CT molecular complexity index is 815. The van der Waals surface area contributed by atoms with E-state index in [2.05, 4.69) is 48.1 Å². The van der Waals surface area contributed by atoms with Crippen LogP contribution in [-0.4, -0.2) is 11.6 Å². The predicted octanol–water partition coefficient (Wildman–Crippen LogP) is 12.2. The molecule has 0 saturated carbocycles. The summed E-state index contributed by atoms with van der Waals surface area (Å²) < 4.78 is 11.1. The predicted molar refractivity (Wildman–Crippen MR) is 175 cm³/mol. The Kier molecular flexibility index (Phi) is 32.3. The Balaban J connectivity index is -0.000000525. The summed E-state index contributed by atoms with van der Waals surface area (Å²) in [5, 5.41) is 0.670. The number of carbonyl (C=O) groups is 2. The molecule has 0 aliphatic heterocycles. The normalized spacial score (nSPS) is 11.6. The molecule has 1 rings (SSSR count). The highest BCUT2D eigenvalue weighted by Gasteiger charge is 2.10. The molecule has 0 aromatic heterocycles. The number of hydrogen-bond donors (Lipinski definition) is 0. The number of ketones is 2. The van der Waals surface area contributed by atoms with Crippen LogP contribution in [0.1, 0.15) is 149 Å². The van der Waals surface area contributed by atoms with Gasteiger partial charge in [0, 0.05) is 11.5 Å². The quantitative estimate of drug-likeness (QED) is 0.0931. The highest BCUT2D eigenvalue weighted by molar-refractivity contribution is 7.30. The van der Waals surface area contributed by atoms with Crippen molar-refractivity contribution in [3.05, 3.63) is 65.5 Å². The molecular formula is C35H59O3P. The van der Waals surface area contributed by atoms with E-state index >= 15 is 0 Å². The minimum absolute atomic E-state index is 0.0290. The summed E-state index contributed by atoms with van der Waals surface area (Å²) in [6.45, 7) is 21.9. The van der Waals surface area contributed by atoms with Gasteiger partial charge in [0.2, 0.25) is 0 Å². The third-order valence-corrected chi connectivity index (χ3v) is 6.52. The third kappa shape index (κ3) is 23.5. The molecule has 1 aromatic rings. The lowest BCUT2D eigenvalue weighted by molar-refractivity contribution is -0.121. The second-order valence-electron chi connectivity index (χ2n) is 9.71. The van der Waals surface area contributed by atoms with Gasteiger partial charge >= 0.3 is 0 Å². The minimum Gasteiger partial charge on any atom is -0.300 e. The van der Waals surface area contributed by atoms with Gasteiger partial charge in [0.15, 0.2) is 14.2 Å². The lowest BCUT2D eigenvalue weighted by Crippen LogP contribution is -2.09. The first-order chi connectivity index (χ1) is 18.7. The van der Waals surface area contributed by atoms with E-state index in [0.29, 0.717) is 22.6 Å². The Labute approximate surface area is 243 Å². The molecule has 1 atom stereocenters. The van der Waals surface area contributed by atoms with E-state index in [1.54, 1.807) is 31.2 Å². The van der Waals surface area contributed by atoms with Gasteiger partial charge in [-0.15, -0.1) is 0 Å². The van der Waals surface area contributed by atoms with E-state index in [9.17, 15) is 14.2 Å². The van der Waals surface area contributed by atoms with Gasteiger partial charge in [0.05, 0.1) is 5.31 Å². The van der Waals surface area contributed by atoms with Crippen LogP contribution in [0, 0.1) is 5.92 Å². The molecule has 4 heteroatoms. The summed E-state index contributed by atoms with van der Waals surface area (Å²) in [5.41, 5.74) is 2.36. The summed E-state index contributed by atoms with van der Waals surface area (Å²) in [7, 11) is -0.0486. The summed E-state index contributed by atoms with van der Waals surface area (Å²) in [6, 6.07) is 7.19. The molecule has 39 heavy (non-hydrogen) atoms. The smallest absolute Gasteiger partial charge is 0.192 e. The van der Waals surface area contributed by atoms with Crippen LogP contribution in [-0.2, 0) is 9.36 Å². The molecule has 0 saturated heterocycles. The first kappa shape index (κ1) is 41.4. The fourth-order valence-electron chi connectivity index (χ4n) is 3.59. The molecule has 0 amide bonds. The highest BCUT2D eigenvalue weighted by Crippen LogP contribution is 2.28. The zero-order valence-electron chi connectivity index (χ0n) is 26.8. The largest absolute Gasteiger partial charge is 0.300 e. The van der Waals surface area contributed by atoms with Crippen LogP contribution in [0.2, 0.25) is 0 Å². The number of benzene rings is 1. The van der Waals surface area contributed by atoms with E-state index in [4.69, 9.17) is 0 Å². The topological polar surface area (TPSA) is 51.2 Å². The maximum Gasteiger partial charge on any atom is 0.192 e. The molecule has 0 radical (unpaired) electrons. The van der Waals surface area contributed by atoms with Crippen LogP contribution in [0.25, 0.3) is 5.57 Å². The molecule has 222 valence electrons. The van der Waals surface area contributed by atoms with Crippen molar-refractivity contribution in [2.75, 3.05) is 0 Å². The van der Waals surface area contributed by atoms with Crippen LogP contribution in [0.4, 0.5) is 0 Å². The van der Waals surface area contributed by atoms with Gasteiger partial charge in [-0.05, 0) is 44.7 Å². The standard InChI is InChI=1S/C15H15O2P.C10H20O.C7H16.C3H8/c1-4-6-15(18-17)14(5-2)13-9-7-12(8-10-13)11(3)16;1-4-6-7-8-10(5-2)9(3)11;1-3-5-7-6-4-2;1-3-2/h4-10H,2H2,1,3H3;10H,4-8H2,1-3H3;3-7H2,1-2H3;3H2,1-2H3/b6-4-,15-14-;;;. The minimum atomic E-state index is -0.0486. The van der Waals surface area contributed by atoms with Crippen molar-refractivity contribution in [3.63, 3.8) is 0 Å². The molecule has 0 bridgehead atoms. The second-order valence-corrected chi connectivity index (χ2v) is 10.4. The fourth-order valence-corrected chi connectivity index (χ4v) is 4.12. The molecule has 3 nitrogen and oxygen atoms in total. The molecule has 0 aliphatic carbocycles. The number of hydrogen-bond acceptors (Lipinski definition) is 3. The first-order valence-electron chi connectivity index (χ1n) is 15.1. The number of rotatable bonds is 15. The van der Waals surface area contributed by atoms with Crippen molar-refractivity contribution in [3.8, 4) is 0 Å². The molecular weight excluding hydrogens is 499 g/mol. The van der Waals surface area contributed by atoms with Crippen LogP contribution in [0.15, 0.2) is 54.4 Å². The van der Waals surface area contributed by atoms with E-state index in [0.717, 1.165) is 24.0 Å². The van der Waals surface area contributed by atoms with E-state index < -0.39 is 0 Å². The van der Waals surface area contributed by atoms with Crippen molar-refractivity contribution in [1.29, 1.82) is 0 Å². The van der Waals surface area contributed by atoms with Gasteiger partial charge in [-0.2, -0.15) is 0 Å². The van der Waals surface area contributed by atoms with Crippen LogP contribution < -0.4 is 0 Å². The average Bonchev–Trinajstić information content (AvgIpc) is 2.92. The second kappa shape index (κ2) is 30.4. The maximum atomic E-state index is 11.2. The molecule has 1 aromatic carbocycles. The summed E-state index contributed by atoms with van der Waals surface area (Å²) in [4.78, 5) is 22.2. The Morgan fingerprint density at radius 3 is 1.62 bits per heavy atom. The zero-order valence-corrected chi connectivity index (χ0v) is 27.7. The average molecular weight is 559 g/mol. The monoisotopic (exact) mass is 558 g/mol. The SMILES string of the molecule is C=C/C(=C(\C=C/C)P=O)c1ccc(C(C)=O)cc1.CCC.CCCCCC(CC)C(C)=O.CCCCCCC. The van der Waals surface area contributed by atoms with E-state index in [-0.39, 0.29) is 14.2 Å². The van der Waals surface area contributed by atoms with Crippen molar-refractivity contribution in [2.24, 2.45) is 5.92 Å². The number of allylic oxidation sites excluding steroid dienone is 5. The lowest BCUT2D eigenvalue weighted by Gasteiger charge is -2.09. The Morgan fingerprint density at radius 2 is 1.28 bits per heavy atom. The molecule has 0 aliphatic rings. The van der Waals surface area contributed by atoms with Crippen molar-refractivity contribution < 1.29 is 14.2 Å². The van der Waals surface area contributed by atoms with Crippen molar-refractivity contribution >= 4 is 25.6 Å². The number of unbranched alkanes of at least 4 members (excludes halogenated alkanes) is 6. The van der Waals surface area contributed by atoms with Crippen LogP contribution >= 0.6 is 8.46 Å². The maximum absolute atomic E-state index is 11.2. The Hall–Kier alpha value is -2.12. The van der Waals surface area contributed by atoms with Gasteiger partial charge < -0.3 is 0 Å². The van der Waals surface area contributed by atoms with E-state index in [1.807, 2.05) is 25.1 Å². The fraction of sp³-hybridized carbons (Fsp3) is 0.600. The van der Waals surface area contributed by atoms with Crippen molar-refractivity contribution in [1.82, 2.24) is 0 Å². The number of carbonyl (C=O) groups excluding carboxylic acids is 2. The van der Waals surface area contributed by atoms with Gasteiger partial charge in [-0.1, -0.05) is 148 Å². The van der Waals surface area contributed by atoms with Crippen LogP contribution in [0.3, 0.4) is 0 Å². The van der Waals surface area contributed by atoms with E-state index in [1.165, 1.54) is 64.7 Å². The van der Waals surface area contributed by atoms with Gasteiger partial charge in [-0.3, -0.25) is 14.2 Å². The molecule has 0 fully saturated rings. The highest BCUT2D eigenvalue weighted by atomic mass is 31.1. The van der Waals surface area contributed by atoms with Gasteiger partial charge in [-0.25, -0.2) is 0 Å². The summed E-state index contributed by atoms with van der Waals surface area (Å²) in [5.74, 6) is 0.728. The third-order valence-electron chi connectivity index (χ3n) is 5.94. The first-order valence-corrected chi connectivity index (χ1v) is 15.9. The van der Waals surface area contributed by atoms with Gasteiger partial charge in [0.25, 0.3) is 0 Å². The lowest BCUT2D eigenvalue weighted by atomic mass is 9.95. The Morgan fingerprint density at radius 1 is 0.821 bits per heavy atom. The zero-order chi connectivity index (χ0) is 30.5. The molecule has 0 N–H and O–H groups in total. The van der Waals surface area contributed by atoms with Crippen molar-refractivity contribution in [2.45, 2.75) is 133 Å².